The summed E-state index contributed by atoms with van der Waals surface area (Å²) in [7, 11) is 0. The minimum atomic E-state index is -0.0861. The molecule has 2 heteroatoms. The maximum atomic E-state index is 2.55. The molecule has 0 fully saturated rings. The topological polar surface area (TPSA) is 9.86 Å². The molecule has 2 heterocycles. The Kier molecular flexibility index (Phi) is 5.21. The molecule has 10 aromatic rings. The first-order valence-electron chi connectivity index (χ1n) is 17.2. The van der Waals surface area contributed by atoms with Gasteiger partial charge in [-0.2, -0.15) is 0 Å². The molecule has 0 saturated heterocycles. The lowest BCUT2D eigenvalue weighted by Crippen LogP contribution is -2.14. The van der Waals surface area contributed by atoms with E-state index in [1.807, 2.05) is 0 Å². The van der Waals surface area contributed by atoms with Crippen LogP contribution in [-0.2, 0) is 5.41 Å². The standard InChI is InChI=1S/C47H32N2/c1-47(2)40-25-21-33(28-39(40)44-34-17-9-8-12-29(34)20-24-41(44)47)49-43-27-31-14-7-6-13-30(31)26-38(43)37-23-22-36-35-18-10-11-19-42(35)48(45(36)46(37)49)32-15-4-3-5-16-32/h3-28H,1-2H3. The van der Waals surface area contributed by atoms with Crippen LogP contribution >= 0.6 is 0 Å². The highest BCUT2D eigenvalue weighted by molar-refractivity contribution is 6.25. The van der Waals surface area contributed by atoms with Gasteiger partial charge in [-0.3, -0.25) is 0 Å². The number of fused-ring (bicyclic) bond motifs is 13. The van der Waals surface area contributed by atoms with Crippen LogP contribution in [0.5, 0.6) is 0 Å². The van der Waals surface area contributed by atoms with Gasteiger partial charge in [0, 0.05) is 38.3 Å². The lowest BCUT2D eigenvalue weighted by Gasteiger charge is -2.22. The van der Waals surface area contributed by atoms with Gasteiger partial charge in [0.05, 0.1) is 22.1 Å². The van der Waals surface area contributed by atoms with Gasteiger partial charge in [-0.15, -0.1) is 0 Å². The van der Waals surface area contributed by atoms with Crippen LogP contribution in [0.2, 0.25) is 0 Å². The van der Waals surface area contributed by atoms with Gasteiger partial charge >= 0.3 is 0 Å². The summed E-state index contributed by atoms with van der Waals surface area (Å²) in [5, 5.41) is 10.2. The van der Waals surface area contributed by atoms with Crippen LogP contribution in [0.3, 0.4) is 0 Å². The summed E-state index contributed by atoms with van der Waals surface area (Å²) in [6.45, 7) is 4.75. The van der Waals surface area contributed by atoms with Crippen molar-refractivity contribution in [2.24, 2.45) is 0 Å². The zero-order valence-electron chi connectivity index (χ0n) is 27.4. The van der Waals surface area contributed by atoms with Gasteiger partial charge in [0.15, 0.2) is 0 Å². The summed E-state index contributed by atoms with van der Waals surface area (Å²) < 4.78 is 5.02. The molecule has 0 spiro atoms. The predicted molar refractivity (Wildman–Crippen MR) is 208 cm³/mol. The minimum absolute atomic E-state index is 0.0861. The molecular formula is C47H32N2. The van der Waals surface area contributed by atoms with Crippen molar-refractivity contribution < 1.29 is 0 Å². The number of aromatic nitrogens is 2. The van der Waals surface area contributed by atoms with Crippen molar-refractivity contribution in [1.82, 2.24) is 9.13 Å². The molecule has 8 aromatic carbocycles. The molecule has 0 amide bonds. The van der Waals surface area contributed by atoms with E-state index in [0.29, 0.717) is 0 Å². The summed E-state index contributed by atoms with van der Waals surface area (Å²) in [5.41, 5.74) is 12.7. The Morgan fingerprint density at radius 1 is 0.388 bits per heavy atom. The summed E-state index contributed by atoms with van der Waals surface area (Å²) in [4.78, 5) is 0. The maximum Gasteiger partial charge on any atom is 0.0788 e. The Morgan fingerprint density at radius 2 is 1.00 bits per heavy atom. The highest BCUT2D eigenvalue weighted by Gasteiger charge is 2.37. The van der Waals surface area contributed by atoms with Gasteiger partial charge in [0.2, 0.25) is 0 Å². The first-order chi connectivity index (χ1) is 24.1. The van der Waals surface area contributed by atoms with E-state index in [4.69, 9.17) is 0 Å². The zero-order chi connectivity index (χ0) is 32.4. The second-order valence-corrected chi connectivity index (χ2v) is 14.2. The number of benzene rings is 8. The van der Waals surface area contributed by atoms with E-state index in [1.165, 1.54) is 98.8 Å². The van der Waals surface area contributed by atoms with Gasteiger partial charge in [0.25, 0.3) is 0 Å². The van der Waals surface area contributed by atoms with E-state index >= 15 is 0 Å². The molecule has 0 atom stereocenters. The average Bonchev–Trinajstić information content (AvgIpc) is 3.73. The number of hydrogen-bond donors (Lipinski definition) is 0. The molecule has 2 nitrogen and oxygen atoms in total. The smallest absolute Gasteiger partial charge is 0.0788 e. The van der Waals surface area contributed by atoms with E-state index in [0.717, 1.165) is 0 Å². The van der Waals surface area contributed by atoms with Crippen LogP contribution in [0.4, 0.5) is 0 Å². The van der Waals surface area contributed by atoms with E-state index in [9.17, 15) is 0 Å². The van der Waals surface area contributed by atoms with Gasteiger partial charge < -0.3 is 9.13 Å². The van der Waals surface area contributed by atoms with Crippen LogP contribution in [0.25, 0.3) is 87.7 Å². The molecule has 230 valence electrons. The second-order valence-electron chi connectivity index (χ2n) is 14.2. The molecule has 0 aliphatic heterocycles. The second kappa shape index (κ2) is 9.49. The van der Waals surface area contributed by atoms with Gasteiger partial charge in [-0.05, 0) is 86.3 Å². The van der Waals surface area contributed by atoms with Crippen molar-refractivity contribution in [2.75, 3.05) is 0 Å². The fourth-order valence-electron chi connectivity index (χ4n) is 9.00. The molecular weight excluding hydrogens is 593 g/mol. The van der Waals surface area contributed by atoms with Crippen LogP contribution in [0.15, 0.2) is 158 Å². The number of hydrogen-bond acceptors (Lipinski definition) is 0. The summed E-state index contributed by atoms with van der Waals surface area (Å²) in [5.74, 6) is 0. The SMILES string of the molecule is CC1(C)c2ccc(-n3c4cc5ccccc5cc4c4ccc5c6ccccc6n(-c6ccccc6)c5c43)cc2-c2c1ccc1ccccc21. The van der Waals surface area contributed by atoms with Gasteiger partial charge in [0.1, 0.15) is 0 Å². The van der Waals surface area contributed by atoms with Crippen molar-refractivity contribution in [3.63, 3.8) is 0 Å². The molecule has 0 unspecified atom stereocenters. The summed E-state index contributed by atoms with van der Waals surface area (Å²) in [6.07, 6.45) is 0. The van der Waals surface area contributed by atoms with Crippen molar-refractivity contribution in [2.45, 2.75) is 19.3 Å². The highest BCUT2D eigenvalue weighted by Crippen LogP contribution is 2.52. The Hall–Kier alpha value is -6.12. The third kappa shape index (κ3) is 3.50. The van der Waals surface area contributed by atoms with Crippen LogP contribution in [-0.4, -0.2) is 9.13 Å². The minimum Gasteiger partial charge on any atom is -0.307 e. The van der Waals surface area contributed by atoms with Crippen molar-refractivity contribution in [1.29, 1.82) is 0 Å². The molecule has 0 N–H and O–H groups in total. The monoisotopic (exact) mass is 624 g/mol. The molecule has 2 aromatic heterocycles. The predicted octanol–water partition coefficient (Wildman–Crippen LogP) is 12.5. The van der Waals surface area contributed by atoms with Crippen molar-refractivity contribution in [3.05, 3.63) is 169 Å². The lowest BCUT2D eigenvalue weighted by atomic mass is 9.82. The highest BCUT2D eigenvalue weighted by atomic mass is 15.0. The van der Waals surface area contributed by atoms with E-state index in [-0.39, 0.29) is 5.41 Å². The van der Waals surface area contributed by atoms with Crippen LogP contribution in [0.1, 0.15) is 25.0 Å². The largest absolute Gasteiger partial charge is 0.307 e. The van der Waals surface area contributed by atoms with Crippen molar-refractivity contribution >= 4 is 65.2 Å². The number of para-hydroxylation sites is 2. The van der Waals surface area contributed by atoms with Crippen LogP contribution in [0, 0.1) is 0 Å². The molecule has 0 saturated carbocycles. The average molecular weight is 625 g/mol. The molecule has 11 rings (SSSR count). The van der Waals surface area contributed by atoms with Crippen molar-refractivity contribution in [3.8, 4) is 22.5 Å². The zero-order valence-corrected chi connectivity index (χ0v) is 27.4. The Morgan fingerprint density at radius 3 is 1.80 bits per heavy atom. The van der Waals surface area contributed by atoms with E-state index < -0.39 is 0 Å². The fraction of sp³-hybridized carbons (Fsp3) is 0.0638. The molecule has 1 aliphatic rings. The third-order valence-corrected chi connectivity index (χ3v) is 11.2. The summed E-state index contributed by atoms with van der Waals surface area (Å²) in [6, 6.07) is 58.6. The first kappa shape index (κ1) is 26.9. The first-order valence-corrected chi connectivity index (χ1v) is 17.2. The Labute approximate surface area is 284 Å². The number of rotatable bonds is 2. The third-order valence-electron chi connectivity index (χ3n) is 11.2. The number of nitrogens with zero attached hydrogens (tertiary/aromatic N) is 2. The molecule has 0 bridgehead atoms. The van der Waals surface area contributed by atoms with E-state index in [1.54, 1.807) is 0 Å². The van der Waals surface area contributed by atoms with Gasteiger partial charge in [-0.25, -0.2) is 0 Å². The molecule has 0 radical (unpaired) electrons. The Bertz CT molecular complexity index is 3010. The maximum absolute atomic E-state index is 2.55. The molecule has 49 heavy (non-hydrogen) atoms. The van der Waals surface area contributed by atoms with Gasteiger partial charge in [-0.1, -0.05) is 129 Å². The van der Waals surface area contributed by atoms with E-state index in [2.05, 4.69) is 181 Å². The quantitative estimate of drug-likeness (QED) is 0.181. The van der Waals surface area contributed by atoms with Crippen LogP contribution < -0.4 is 0 Å². The lowest BCUT2D eigenvalue weighted by molar-refractivity contribution is 0.661. The molecule has 1 aliphatic carbocycles. The fourth-order valence-corrected chi connectivity index (χ4v) is 9.00. The summed E-state index contributed by atoms with van der Waals surface area (Å²) >= 11 is 0. The Balaban J connectivity index is 1.34. The normalized spacial score (nSPS) is 13.7.